The van der Waals surface area contributed by atoms with Gasteiger partial charge < -0.3 is 25.0 Å². The van der Waals surface area contributed by atoms with Gasteiger partial charge in [0.15, 0.2) is 5.65 Å². The van der Waals surface area contributed by atoms with E-state index < -0.39 is 11.2 Å². The molecule has 0 saturated carbocycles. The van der Waals surface area contributed by atoms with E-state index >= 15 is 0 Å². The number of carbonyl (C=O) groups is 1. The van der Waals surface area contributed by atoms with Crippen LogP contribution in [0.5, 0.6) is 5.88 Å². The largest absolute Gasteiger partial charge is 0.481 e. The lowest BCUT2D eigenvalue weighted by atomic mass is 9.92. The molecule has 2 atom stereocenters. The molecule has 2 aliphatic heterocycles. The van der Waals surface area contributed by atoms with Crippen LogP contribution in [0.4, 0.5) is 16.3 Å². The number of ether oxygens (including phenoxy) is 2. The van der Waals surface area contributed by atoms with E-state index in [0.29, 0.717) is 29.9 Å². The summed E-state index contributed by atoms with van der Waals surface area (Å²) < 4.78 is 13.6. The molecule has 55 heavy (non-hydrogen) atoms. The van der Waals surface area contributed by atoms with Crippen molar-refractivity contribution in [3.8, 4) is 28.3 Å². The summed E-state index contributed by atoms with van der Waals surface area (Å²) in [6.45, 7) is 5.50. The number of urea groups is 1. The zero-order chi connectivity index (χ0) is 38.6. The predicted octanol–water partition coefficient (Wildman–Crippen LogP) is 4.96. The Kier molecular flexibility index (Phi) is 9.60. The lowest BCUT2D eigenvalue weighted by Crippen LogP contribution is -2.61. The first-order valence-electron chi connectivity index (χ1n) is 18.5. The molecule has 3 aliphatic rings. The smallest absolute Gasteiger partial charge is 0.332 e. The molecule has 2 fully saturated rings. The number of benzene rings is 2. The minimum atomic E-state index is -0.484. The molecular formula is C40H44ClN9O5. The number of aromatic nitrogens is 5. The van der Waals surface area contributed by atoms with E-state index in [1.807, 2.05) is 48.2 Å². The minimum absolute atomic E-state index is 0.0151. The Labute approximate surface area is 323 Å². The first-order chi connectivity index (χ1) is 26.5. The van der Waals surface area contributed by atoms with Crippen LogP contribution in [-0.4, -0.2) is 92.5 Å². The molecular weight excluding hydrogens is 722 g/mol. The molecule has 2 amide bonds. The molecule has 1 spiro atoms. The van der Waals surface area contributed by atoms with E-state index in [1.54, 1.807) is 21.3 Å². The van der Waals surface area contributed by atoms with E-state index in [0.717, 1.165) is 89.1 Å². The van der Waals surface area contributed by atoms with Crippen LogP contribution in [0.1, 0.15) is 42.0 Å². The second kappa shape index (κ2) is 14.4. The summed E-state index contributed by atoms with van der Waals surface area (Å²) in [6, 6.07) is 14.0. The Hall–Kier alpha value is -5.31. The average Bonchev–Trinajstić information content (AvgIpc) is 3.81. The number of nitrogens with one attached hydrogen (secondary N) is 2. The summed E-state index contributed by atoms with van der Waals surface area (Å²) >= 11 is 7.27. The quantitative estimate of drug-likeness (QED) is 0.211. The number of aryl methyl sites for hydroxylation is 2. The van der Waals surface area contributed by atoms with Gasteiger partial charge in [-0.25, -0.2) is 24.5 Å². The van der Waals surface area contributed by atoms with E-state index in [1.165, 1.54) is 23.5 Å². The van der Waals surface area contributed by atoms with Crippen molar-refractivity contribution in [1.29, 1.82) is 0 Å². The second-order valence-corrected chi connectivity index (χ2v) is 15.1. The molecule has 8 rings (SSSR count). The highest BCUT2D eigenvalue weighted by molar-refractivity contribution is 6.36. The van der Waals surface area contributed by atoms with Crippen molar-refractivity contribution in [3.63, 3.8) is 0 Å². The number of carbonyl (C=O) groups excluding carboxylic acids is 1. The molecule has 14 nitrogen and oxygen atoms in total. The normalized spacial score (nSPS) is 19.6. The van der Waals surface area contributed by atoms with E-state index in [9.17, 15) is 14.4 Å². The molecule has 0 unspecified atom stereocenters. The zero-order valence-corrected chi connectivity index (χ0v) is 32.4. The molecule has 2 N–H and O–H groups in total. The van der Waals surface area contributed by atoms with Crippen LogP contribution in [0.25, 0.3) is 33.4 Å². The molecule has 5 aromatic rings. The van der Waals surface area contributed by atoms with Gasteiger partial charge in [0, 0.05) is 75.8 Å². The Morgan fingerprint density at radius 1 is 1.00 bits per heavy atom. The van der Waals surface area contributed by atoms with Crippen LogP contribution in [0.3, 0.4) is 0 Å². The van der Waals surface area contributed by atoms with Crippen molar-refractivity contribution in [2.75, 3.05) is 52.3 Å². The van der Waals surface area contributed by atoms with E-state index in [2.05, 4.69) is 31.6 Å². The highest BCUT2D eigenvalue weighted by Crippen LogP contribution is 2.47. The molecule has 15 heteroatoms. The standard InChI is InChI=1S/C40H44ClN9O5/c1-23-25(8-7-11-28(23)44-34-32-35(43-22-42-34)47(2)39(53)48(3)37(32)51)26-9-6-10-27(33(26)41)29-20-24-12-13-30(31(24)36(45-29)55-5)50-17-15-40(21-50)14-16-49(18-19-54-4)38(52)46-40/h6-11,20,22,30H,12-19,21H2,1-5H3,(H,46,52)(H,42,43,44)/t30-,40+/m1/s1. The van der Waals surface area contributed by atoms with Crippen molar-refractivity contribution < 1.29 is 14.3 Å². The van der Waals surface area contributed by atoms with Crippen molar-refractivity contribution >= 4 is 40.2 Å². The average molecular weight is 766 g/mol. The van der Waals surface area contributed by atoms with Crippen molar-refractivity contribution in [2.24, 2.45) is 14.1 Å². The number of nitrogens with zero attached hydrogens (tertiary/aromatic N) is 7. The van der Waals surface area contributed by atoms with Crippen molar-refractivity contribution in [3.05, 3.63) is 91.3 Å². The Morgan fingerprint density at radius 3 is 2.55 bits per heavy atom. The highest BCUT2D eigenvalue weighted by Gasteiger charge is 2.46. The maximum atomic E-state index is 13.2. The maximum absolute atomic E-state index is 13.2. The van der Waals surface area contributed by atoms with E-state index in [4.69, 9.17) is 26.1 Å². The van der Waals surface area contributed by atoms with Gasteiger partial charge in [-0.05, 0) is 61.4 Å². The molecule has 0 radical (unpaired) electrons. The topological polar surface area (TPSA) is 149 Å². The van der Waals surface area contributed by atoms with Gasteiger partial charge in [0.1, 0.15) is 17.5 Å². The third kappa shape index (κ3) is 6.31. The Bertz CT molecular complexity index is 2470. The van der Waals surface area contributed by atoms with Crippen LogP contribution < -0.4 is 26.6 Å². The SMILES string of the molecule is COCCN1CC[C@@]2(CCN([C@@H]3CCc4cc(-c5cccc(-c6cccc(Nc7ncnc8c7c(=O)n(C)c(=O)n8C)c6C)c5Cl)nc(OC)c43)C2)NC1=O. The fraction of sp³-hybridized carbons (Fsp3) is 0.400. The summed E-state index contributed by atoms with van der Waals surface area (Å²) in [5, 5.41) is 7.43. The molecule has 5 heterocycles. The number of likely N-dealkylation sites (tertiary alicyclic amines) is 1. The fourth-order valence-electron chi connectivity index (χ4n) is 8.57. The monoisotopic (exact) mass is 765 g/mol. The zero-order valence-electron chi connectivity index (χ0n) is 31.6. The number of hydrogen-bond acceptors (Lipinski definition) is 10. The van der Waals surface area contributed by atoms with Crippen LogP contribution in [0.15, 0.2) is 58.4 Å². The first kappa shape index (κ1) is 36.7. The van der Waals surface area contributed by atoms with Gasteiger partial charge in [0.2, 0.25) is 5.88 Å². The number of hydrogen-bond donors (Lipinski definition) is 2. The van der Waals surface area contributed by atoms with Gasteiger partial charge in [-0.3, -0.25) is 18.8 Å². The van der Waals surface area contributed by atoms with Gasteiger partial charge >= 0.3 is 11.7 Å². The Morgan fingerprint density at radius 2 is 1.76 bits per heavy atom. The number of pyridine rings is 1. The maximum Gasteiger partial charge on any atom is 0.332 e. The highest BCUT2D eigenvalue weighted by atomic mass is 35.5. The fourth-order valence-corrected chi connectivity index (χ4v) is 8.90. The van der Waals surface area contributed by atoms with Gasteiger partial charge in [-0.15, -0.1) is 0 Å². The summed E-state index contributed by atoms with van der Waals surface area (Å²) in [7, 11) is 6.33. The third-order valence-corrected chi connectivity index (χ3v) is 12.0. The van der Waals surface area contributed by atoms with Gasteiger partial charge in [0.25, 0.3) is 5.56 Å². The number of rotatable bonds is 9. The number of methoxy groups -OCH3 is 2. The van der Waals surface area contributed by atoms with Gasteiger partial charge in [0.05, 0.1) is 30.0 Å². The molecule has 286 valence electrons. The molecule has 3 aromatic heterocycles. The number of halogens is 1. The van der Waals surface area contributed by atoms with Gasteiger partial charge in [-0.2, -0.15) is 0 Å². The van der Waals surface area contributed by atoms with Crippen LogP contribution >= 0.6 is 11.6 Å². The summed E-state index contributed by atoms with van der Waals surface area (Å²) in [6.07, 6.45) is 4.96. The number of amides is 2. The predicted molar refractivity (Wildman–Crippen MR) is 211 cm³/mol. The van der Waals surface area contributed by atoms with Crippen LogP contribution in [-0.2, 0) is 25.3 Å². The molecule has 2 saturated heterocycles. The Balaban J connectivity index is 1.07. The van der Waals surface area contributed by atoms with Crippen LogP contribution in [0.2, 0.25) is 5.02 Å². The van der Waals surface area contributed by atoms with Gasteiger partial charge in [-0.1, -0.05) is 41.9 Å². The lowest BCUT2D eigenvalue weighted by Gasteiger charge is -2.40. The first-order valence-corrected chi connectivity index (χ1v) is 18.9. The lowest BCUT2D eigenvalue weighted by molar-refractivity contribution is 0.114. The summed E-state index contributed by atoms with van der Waals surface area (Å²) in [5.74, 6) is 0.894. The molecule has 0 bridgehead atoms. The molecule has 1 aliphatic carbocycles. The van der Waals surface area contributed by atoms with Crippen molar-refractivity contribution in [1.82, 2.24) is 39.2 Å². The van der Waals surface area contributed by atoms with E-state index in [-0.39, 0.29) is 28.6 Å². The minimum Gasteiger partial charge on any atom is -0.481 e. The van der Waals surface area contributed by atoms with Crippen molar-refractivity contribution in [2.45, 2.75) is 44.2 Å². The summed E-state index contributed by atoms with van der Waals surface area (Å²) in [5.41, 5.74) is 6.20. The summed E-state index contributed by atoms with van der Waals surface area (Å²) in [4.78, 5) is 56.7. The number of fused-ring (bicyclic) bond motifs is 2. The number of anilines is 2. The third-order valence-electron chi connectivity index (χ3n) is 11.6. The molecule has 2 aromatic carbocycles. The van der Waals surface area contributed by atoms with Crippen LogP contribution in [0, 0.1) is 6.92 Å². The second-order valence-electron chi connectivity index (χ2n) is 14.7.